The normalized spacial score (nSPS) is 29.6. The molecule has 1 aliphatic heterocycles. The van der Waals surface area contributed by atoms with Gasteiger partial charge in [-0.1, -0.05) is 0 Å². The highest BCUT2D eigenvalue weighted by Crippen LogP contribution is 2.58. The van der Waals surface area contributed by atoms with Crippen molar-refractivity contribution in [1.82, 2.24) is 9.47 Å². The van der Waals surface area contributed by atoms with Gasteiger partial charge in [-0.2, -0.15) is 0 Å². The van der Waals surface area contributed by atoms with E-state index in [1.54, 1.807) is 7.11 Å². The molecule has 5 nitrogen and oxygen atoms in total. The van der Waals surface area contributed by atoms with Gasteiger partial charge in [-0.3, -0.25) is 4.79 Å². The van der Waals surface area contributed by atoms with E-state index in [1.807, 2.05) is 23.4 Å². The molecule has 3 rings (SSSR count). The minimum absolute atomic E-state index is 0.0270. The fourth-order valence-corrected chi connectivity index (χ4v) is 4.37. The maximum Gasteiger partial charge on any atom is 0.255 e. The lowest BCUT2D eigenvalue weighted by atomic mass is 9.51. The van der Waals surface area contributed by atoms with E-state index in [1.165, 1.54) is 0 Å². The summed E-state index contributed by atoms with van der Waals surface area (Å²) in [4.78, 5) is 14.7. The van der Waals surface area contributed by atoms with Gasteiger partial charge >= 0.3 is 0 Å². The van der Waals surface area contributed by atoms with Crippen LogP contribution < -0.4 is 0 Å². The van der Waals surface area contributed by atoms with Crippen LogP contribution in [0.1, 0.15) is 57.3 Å². The van der Waals surface area contributed by atoms with E-state index >= 15 is 0 Å². The van der Waals surface area contributed by atoms with Crippen LogP contribution in [0, 0.1) is 5.41 Å². The number of amides is 1. The highest BCUT2D eigenvalue weighted by atomic mass is 16.5. The van der Waals surface area contributed by atoms with Crippen molar-refractivity contribution in [3.63, 3.8) is 0 Å². The van der Waals surface area contributed by atoms with Gasteiger partial charge in [0.1, 0.15) is 0 Å². The van der Waals surface area contributed by atoms with E-state index in [0.717, 1.165) is 18.4 Å². The van der Waals surface area contributed by atoms with Crippen molar-refractivity contribution in [3.05, 3.63) is 24.0 Å². The van der Waals surface area contributed by atoms with Crippen molar-refractivity contribution in [2.24, 2.45) is 5.41 Å². The monoisotopic (exact) mass is 334 g/mol. The smallest absolute Gasteiger partial charge is 0.255 e. The summed E-state index contributed by atoms with van der Waals surface area (Å²) in [5, 5.41) is 10.3. The summed E-state index contributed by atoms with van der Waals surface area (Å²) in [5.41, 5.74) is 0.248. The molecule has 0 radical (unpaired) electrons. The van der Waals surface area contributed by atoms with Gasteiger partial charge in [0.05, 0.1) is 17.3 Å². The predicted molar refractivity (Wildman–Crippen MR) is 93.0 cm³/mol. The first-order valence-corrected chi connectivity index (χ1v) is 8.84. The largest absolute Gasteiger partial charge is 0.392 e. The Morgan fingerprint density at radius 3 is 2.42 bits per heavy atom. The average Bonchev–Trinajstić information content (AvgIpc) is 3.04. The van der Waals surface area contributed by atoms with Gasteiger partial charge < -0.3 is 19.3 Å². The second-order valence-electron chi connectivity index (χ2n) is 8.58. The molecule has 2 aliphatic rings. The van der Waals surface area contributed by atoms with E-state index in [-0.39, 0.29) is 28.6 Å². The van der Waals surface area contributed by atoms with Crippen LogP contribution in [0.2, 0.25) is 0 Å². The molecule has 0 bridgehead atoms. The van der Waals surface area contributed by atoms with Crippen LogP contribution in [0.4, 0.5) is 0 Å². The Morgan fingerprint density at radius 2 is 1.96 bits per heavy atom. The summed E-state index contributed by atoms with van der Waals surface area (Å²) in [7, 11) is 1.72. The number of carbonyl (C=O) groups is 1. The van der Waals surface area contributed by atoms with Crippen LogP contribution in [-0.4, -0.2) is 52.4 Å². The van der Waals surface area contributed by atoms with Gasteiger partial charge in [-0.15, -0.1) is 0 Å². The number of rotatable bonds is 2. The zero-order valence-corrected chi connectivity index (χ0v) is 15.5. The number of likely N-dealkylation sites (tertiary alicyclic amines) is 1. The molecule has 5 heteroatoms. The van der Waals surface area contributed by atoms with Gasteiger partial charge in [0, 0.05) is 50.0 Å². The molecule has 1 spiro atoms. The summed E-state index contributed by atoms with van der Waals surface area (Å²) in [5.74, 6) is 0.0841. The molecule has 1 amide bonds. The van der Waals surface area contributed by atoms with Crippen molar-refractivity contribution >= 4 is 5.91 Å². The van der Waals surface area contributed by atoms with Crippen LogP contribution >= 0.6 is 0 Å². The first-order chi connectivity index (χ1) is 11.1. The maximum absolute atomic E-state index is 12.8. The van der Waals surface area contributed by atoms with Crippen LogP contribution in [0.5, 0.6) is 0 Å². The molecule has 2 atom stereocenters. The van der Waals surface area contributed by atoms with Crippen molar-refractivity contribution in [2.45, 2.75) is 64.2 Å². The molecule has 24 heavy (non-hydrogen) atoms. The minimum atomic E-state index is -0.318. The third-order valence-corrected chi connectivity index (χ3v) is 6.38. The van der Waals surface area contributed by atoms with Crippen LogP contribution in [-0.2, 0) is 10.3 Å². The Balaban J connectivity index is 1.69. The average molecular weight is 334 g/mol. The third kappa shape index (κ3) is 2.49. The van der Waals surface area contributed by atoms with E-state index in [4.69, 9.17) is 4.74 Å². The Labute approximate surface area is 144 Å². The second-order valence-corrected chi connectivity index (χ2v) is 8.58. The molecule has 134 valence electrons. The lowest BCUT2D eigenvalue weighted by Crippen LogP contribution is -2.69. The molecule has 1 saturated heterocycles. The molecule has 1 saturated carbocycles. The first-order valence-electron chi connectivity index (χ1n) is 8.84. The Morgan fingerprint density at radius 1 is 1.33 bits per heavy atom. The molecular formula is C19H30N2O3. The summed E-state index contributed by atoms with van der Waals surface area (Å²) in [6.45, 7) is 9.80. The van der Waals surface area contributed by atoms with Crippen molar-refractivity contribution in [1.29, 1.82) is 0 Å². The zero-order valence-electron chi connectivity index (χ0n) is 15.5. The number of hydrogen-bond donors (Lipinski definition) is 1. The standard InChI is InChI=1S/C19H30N2O3/c1-17(2,3)21-9-6-14(13-21)16(23)20-10-7-19(8-11-20)15(22)12-18(19,4)24-5/h6,9,13,15,22H,7-8,10-12H2,1-5H3/t15-,18+/m1/s1. The lowest BCUT2D eigenvalue weighted by Gasteiger charge is -2.62. The number of nitrogens with zero attached hydrogens (tertiary/aromatic N) is 2. The van der Waals surface area contributed by atoms with Gasteiger partial charge in [0.2, 0.25) is 0 Å². The number of aliphatic hydroxyl groups excluding tert-OH is 1. The molecule has 0 unspecified atom stereocenters. The third-order valence-electron chi connectivity index (χ3n) is 6.38. The van der Waals surface area contributed by atoms with E-state index in [0.29, 0.717) is 19.5 Å². The molecule has 1 aliphatic carbocycles. The highest BCUT2D eigenvalue weighted by molar-refractivity contribution is 5.94. The molecule has 1 aromatic heterocycles. The first kappa shape index (κ1) is 17.5. The molecule has 0 aromatic carbocycles. The van der Waals surface area contributed by atoms with Crippen molar-refractivity contribution in [2.75, 3.05) is 20.2 Å². The Kier molecular flexibility index (Phi) is 4.08. The quantitative estimate of drug-likeness (QED) is 0.904. The SMILES string of the molecule is CO[C@@]1(C)C[C@@H](O)C12CCN(C(=O)c1ccn(C(C)(C)C)c1)CC2. The number of methoxy groups -OCH3 is 1. The number of carbonyl (C=O) groups excluding carboxylic acids is 1. The molecule has 2 heterocycles. The van der Waals surface area contributed by atoms with Crippen LogP contribution in [0.3, 0.4) is 0 Å². The Bertz CT molecular complexity index is 623. The molecule has 1 N–H and O–H groups in total. The number of hydrogen-bond acceptors (Lipinski definition) is 3. The van der Waals surface area contributed by atoms with E-state index < -0.39 is 0 Å². The van der Waals surface area contributed by atoms with Gasteiger partial charge in [-0.25, -0.2) is 0 Å². The van der Waals surface area contributed by atoms with Crippen molar-refractivity contribution in [3.8, 4) is 0 Å². The predicted octanol–water partition coefficient (Wildman–Crippen LogP) is 2.64. The molecular weight excluding hydrogens is 304 g/mol. The van der Waals surface area contributed by atoms with Crippen molar-refractivity contribution < 1.29 is 14.6 Å². The van der Waals surface area contributed by atoms with E-state index in [2.05, 4.69) is 32.3 Å². The maximum atomic E-state index is 12.8. The number of aromatic nitrogens is 1. The van der Waals surface area contributed by atoms with Gasteiger partial charge in [0.15, 0.2) is 0 Å². The number of aliphatic hydroxyl groups is 1. The van der Waals surface area contributed by atoms with Crippen LogP contribution in [0.15, 0.2) is 18.5 Å². The summed E-state index contributed by atoms with van der Waals surface area (Å²) < 4.78 is 7.76. The van der Waals surface area contributed by atoms with Gasteiger partial charge in [-0.05, 0) is 46.6 Å². The zero-order chi connectivity index (χ0) is 17.8. The lowest BCUT2D eigenvalue weighted by molar-refractivity contribution is -0.259. The second kappa shape index (κ2) is 5.60. The fraction of sp³-hybridized carbons (Fsp3) is 0.737. The molecule has 1 aromatic rings. The fourth-order valence-electron chi connectivity index (χ4n) is 4.37. The summed E-state index contributed by atoms with van der Waals surface area (Å²) in [6.07, 6.45) is 5.86. The summed E-state index contributed by atoms with van der Waals surface area (Å²) in [6, 6.07) is 1.90. The summed E-state index contributed by atoms with van der Waals surface area (Å²) >= 11 is 0. The topological polar surface area (TPSA) is 54.7 Å². The highest BCUT2D eigenvalue weighted by Gasteiger charge is 2.63. The number of ether oxygens (including phenoxy) is 1. The van der Waals surface area contributed by atoms with Gasteiger partial charge in [0.25, 0.3) is 5.91 Å². The number of piperidine rings is 1. The minimum Gasteiger partial charge on any atom is -0.392 e. The van der Waals surface area contributed by atoms with E-state index in [9.17, 15) is 9.90 Å². The molecule has 2 fully saturated rings. The van der Waals surface area contributed by atoms with Crippen LogP contribution in [0.25, 0.3) is 0 Å². The Hall–Kier alpha value is -1.33.